The van der Waals surface area contributed by atoms with E-state index in [2.05, 4.69) is 58.9 Å². The van der Waals surface area contributed by atoms with Gasteiger partial charge in [0.05, 0.1) is 29.7 Å². The number of hydrogen-bond donors (Lipinski definition) is 1. The van der Waals surface area contributed by atoms with Crippen molar-refractivity contribution in [1.29, 1.82) is 0 Å². The summed E-state index contributed by atoms with van der Waals surface area (Å²) in [5, 5.41) is 4.12. The molecule has 4 aromatic heterocycles. The van der Waals surface area contributed by atoms with Crippen molar-refractivity contribution in [3.05, 3.63) is 42.0 Å². The van der Waals surface area contributed by atoms with E-state index >= 15 is 0 Å². The first-order valence-corrected chi connectivity index (χ1v) is 18.5. The van der Waals surface area contributed by atoms with Gasteiger partial charge in [0.1, 0.15) is 6.26 Å². The van der Waals surface area contributed by atoms with Crippen LogP contribution < -0.4 is 15.1 Å². The number of aromatic nitrogens is 4. The monoisotopic (exact) mass is 621 g/mol. The fourth-order valence-corrected chi connectivity index (χ4v) is 7.43. The first-order valence-electron chi connectivity index (χ1n) is 14.7. The fourth-order valence-electron chi connectivity index (χ4n) is 5.05. The molecule has 1 N–H and O–H groups in total. The Hall–Kier alpha value is -3.39. The van der Waals surface area contributed by atoms with E-state index in [1.807, 2.05) is 25.1 Å². The third-order valence-corrected chi connectivity index (χ3v) is 14.1. The average Bonchev–Trinajstić information content (AvgIpc) is 3.72. The Morgan fingerprint density at radius 1 is 1.12 bits per heavy atom. The lowest BCUT2D eigenvalue weighted by atomic mass is 10.2. The SMILES string of the molecule is Cc1cc(-c2nc(C(=O)Nc3cc4sc(N5CCOCC5)nc4nc3N3CCC(O[Si](C)(C)C(C)(C)C)C3)co2)ccn1. The van der Waals surface area contributed by atoms with Crippen LogP contribution >= 0.6 is 11.3 Å². The lowest BCUT2D eigenvalue weighted by Gasteiger charge is -2.38. The molecule has 1 atom stereocenters. The molecule has 11 nitrogen and oxygen atoms in total. The third-order valence-electron chi connectivity index (χ3n) is 8.47. The number of nitrogens with zero attached hydrogens (tertiary/aromatic N) is 6. The Bertz CT molecular complexity index is 1630. The number of nitrogens with one attached hydrogen (secondary N) is 1. The van der Waals surface area contributed by atoms with E-state index in [-0.39, 0.29) is 22.7 Å². The molecule has 2 fully saturated rings. The van der Waals surface area contributed by atoms with Crippen molar-refractivity contribution < 1.29 is 18.4 Å². The van der Waals surface area contributed by atoms with E-state index in [1.165, 1.54) is 6.26 Å². The summed E-state index contributed by atoms with van der Waals surface area (Å²) in [7, 11) is -1.94. The molecule has 4 aromatic rings. The zero-order valence-electron chi connectivity index (χ0n) is 25.6. The zero-order chi connectivity index (χ0) is 30.4. The van der Waals surface area contributed by atoms with E-state index < -0.39 is 8.32 Å². The number of aryl methyl sites for hydroxylation is 1. The predicted molar refractivity (Wildman–Crippen MR) is 172 cm³/mol. The van der Waals surface area contributed by atoms with Crippen LogP contribution in [0.3, 0.4) is 0 Å². The Morgan fingerprint density at radius 2 is 1.91 bits per heavy atom. The molecular formula is C30H39N7O4SSi. The van der Waals surface area contributed by atoms with Gasteiger partial charge in [0.25, 0.3) is 5.91 Å². The van der Waals surface area contributed by atoms with Crippen molar-refractivity contribution >= 4 is 52.5 Å². The van der Waals surface area contributed by atoms with Crippen molar-refractivity contribution in [2.75, 3.05) is 54.5 Å². The summed E-state index contributed by atoms with van der Waals surface area (Å²) in [5.74, 6) is 0.691. The van der Waals surface area contributed by atoms with Gasteiger partial charge in [-0.2, -0.15) is 4.98 Å². The number of pyridine rings is 2. The maximum atomic E-state index is 13.5. The molecule has 1 amide bonds. The molecule has 2 saturated heterocycles. The van der Waals surface area contributed by atoms with Crippen LogP contribution in [0.1, 0.15) is 43.4 Å². The molecule has 0 aliphatic carbocycles. The van der Waals surface area contributed by atoms with Crippen molar-refractivity contribution in [1.82, 2.24) is 19.9 Å². The highest BCUT2D eigenvalue weighted by Gasteiger charge is 2.41. The number of fused-ring (bicyclic) bond motifs is 1. The number of rotatable bonds is 7. The second-order valence-electron chi connectivity index (χ2n) is 12.7. The van der Waals surface area contributed by atoms with Crippen LogP contribution in [0.5, 0.6) is 0 Å². The Kier molecular flexibility index (Phi) is 8.00. The van der Waals surface area contributed by atoms with Gasteiger partial charge >= 0.3 is 0 Å². The topological polar surface area (TPSA) is 119 Å². The highest BCUT2D eigenvalue weighted by atomic mass is 32.1. The Morgan fingerprint density at radius 3 is 2.65 bits per heavy atom. The summed E-state index contributed by atoms with van der Waals surface area (Å²) in [4.78, 5) is 36.5. The van der Waals surface area contributed by atoms with E-state index in [1.54, 1.807) is 17.5 Å². The molecule has 6 heterocycles. The van der Waals surface area contributed by atoms with E-state index in [0.29, 0.717) is 42.8 Å². The number of oxazole rings is 1. The summed E-state index contributed by atoms with van der Waals surface area (Å²) in [5.41, 5.74) is 3.08. The van der Waals surface area contributed by atoms with Gasteiger partial charge in [0, 0.05) is 43.6 Å². The van der Waals surface area contributed by atoms with Crippen LogP contribution in [-0.2, 0) is 9.16 Å². The summed E-state index contributed by atoms with van der Waals surface area (Å²) >= 11 is 1.57. The van der Waals surface area contributed by atoms with Crippen molar-refractivity contribution in [2.24, 2.45) is 0 Å². The van der Waals surface area contributed by atoms with Crippen LogP contribution in [0, 0.1) is 6.92 Å². The normalized spacial score (nSPS) is 18.0. The van der Waals surface area contributed by atoms with E-state index in [0.717, 1.165) is 47.1 Å². The molecule has 228 valence electrons. The number of anilines is 3. The molecule has 2 aliphatic heterocycles. The molecule has 0 aromatic carbocycles. The minimum atomic E-state index is -1.94. The number of carbonyl (C=O) groups excluding carboxylic acids is 1. The second kappa shape index (κ2) is 11.6. The maximum absolute atomic E-state index is 13.5. The van der Waals surface area contributed by atoms with Gasteiger partial charge in [-0.25, -0.2) is 9.97 Å². The van der Waals surface area contributed by atoms with E-state index in [9.17, 15) is 4.79 Å². The fraction of sp³-hybridized carbons (Fsp3) is 0.500. The van der Waals surface area contributed by atoms with Crippen LogP contribution in [-0.4, -0.2) is 79.7 Å². The van der Waals surface area contributed by atoms with Crippen LogP contribution in [0.15, 0.2) is 35.1 Å². The molecule has 0 spiro atoms. The number of amides is 1. The van der Waals surface area contributed by atoms with Crippen molar-refractivity contribution in [2.45, 2.75) is 58.4 Å². The molecule has 0 bridgehead atoms. The van der Waals surface area contributed by atoms with Crippen molar-refractivity contribution in [3.63, 3.8) is 0 Å². The summed E-state index contributed by atoms with van der Waals surface area (Å²) in [6.07, 6.45) is 4.07. The smallest absolute Gasteiger partial charge is 0.277 e. The van der Waals surface area contributed by atoms with Gasteiger partial charge in [-0.15, -0.1) is 0 Å². The van der Waals surface area contributed by atoms with Crippen LogP contribution in [0.2, 0.25) is 18.1 Å². The molecule has 43 heavy (non-hydrogen) atoms. The summed E-state index contributed by atoms with van der Waals surface area (Å²) in [6, 6.07) is 5.66. The van der Waals surface area contributed by atoms with Crippen molar-refractivity contribution in [3.8, 4) is 11.5 Å². The molecule has 6 rings (SSSR count). The summed E-state index contributed by atoms with van der Waals surface area (Å²) < 4.78 is 18.8. The Balaban J connectivity index is 1.29. The molecule has 13 heteroatoms. The van der Waals surface area contributed by atoms with E-state index in [4.69, 9.17) is 23.5 Å². The molecule has 0 radical (unpaired) electrons. The second-order valence-corrected chi connectivity index (χ2v) is 18.5. The highest BCUT2D eigenvalue weighted by Crippen LogP contribution is 2.40. The standard InChI is InChI=1S/C30H39N7O4SSi/c1-19-15-20(7-9-31-19)28-33-23(18-40-28)27(38)32-22-16-24-25(35-29(42-24)36-11-13-39-14-12-36)34-26(22)37-10-8-21(17-37)41-43(5,6)30(2,3)4/h7,9,15-16,18,21H,8,10-14,17H2,1-6H3,(H,32,38). The average molecular weight is 622 g/mol. The van der Waals surface area contributed by atoms with Gasteiger partial charge in [-0.3, -0.25) is 9.78 Å². The van der Waals surface area contributed by atoms with Gasteiger partial charge < -0.3 is 28.7 Å². The van der Waals surface area contributed by atoms with Gasteiger partial charge in [-0.05, 0) is 49.7 Å². The highest BCUT2D eigenvalue weighted by molar-refractivity contribution is 7.22. The Labute approximate surface area is 256 Å². The minimum Gasteiger partial charge on any atom is -0.444 e. The quantitative estimate of drug-likeness (QED) is 0.256. The third kappa shape index (κ3) is 6.30. The zero-order valence-corrected chi connectivity index (χ0v) is 27.5. The lowest BCUT2D eigenvalue weighted by Crippen LogP contribution is -2.44. The number of carbonyl (C=O) groups is 1. The van der Waals surface area contributed by atoms with Gasteiger partial charge in [0.2, 0.25) is 5.89 Å². The molecule has 2 aliphatic rings. The van der Waals surface area contributed by atoms with Gasteiger partial charge in [-0.1, -0.05) is 32.1 Å². The lowest BCUT2D eigenvalue weighted by molar-refractivity contribution is 0.102. The molecular weight excluding hydrogens is 583 g/mol. The number of hydrogen-bond acceptors (Lipinski definition) is 11. The maximum Gasteiger partial charge on any atom is 0.277 e. The van der Waals surface area contributed by atoms with Crippen LogP contribution in [0.25, 0.3) is 21.8 Å². The number of thiazole rings is 1. The van der Waals surface area contributed by atoms with Gasteiger partial charge in [0.15, 0.2) is 30.6 Å². The molecule has 1 unspecified atom stereocenters. The first kappa shape index (κ1) is 29.7. The largest absolute Gasteiger partial charge is 0.444 e. The van der Waals surface area contributed by atoms with Crippen LogP contribution in [0.4, 0.5) is 16.6 Å². The number of morpholine rings is 1. The summed E-state index contributed by atoms with van der Waals surface area (Å²) in [6.45, 7) is 17.7. The number of ether oxygens (including phenoxy) is 1. The minimum absolute atomic E-state index is 0.100. The molecule has 0 saturated carbocycles. The first-order chi connectivity index (χ1) is 20.5. The predicted octanol–water partition coefficient (Wildman–Crippen LogP) is 5.74.